The zero-order chi connectivity index (χ0) is 13.9. The van der Waals surface area contributed by atoms with Crippen LogP contribution < -0.4 is 5.32 Å². The van der Waals surface area contributed by atoms with E-state index in [1.807, 2.05) is 42.3 Å². The summed E-state index contributed by atoms with van der Waals surface area (Å²) >= 11 is 0. The molecule has 1 amide bonds. The molecule has 0 aliphatic carbocycles. The maximum absolute atomic E-state index is 12.7. The van der Waals surface area contributed by atoms with Crippen LogP contribution >= 0.6 is 0 Å². The van der Waals surface area contributed by atoms with Crippen molar-refractivity contribution in [2.45, 2.75) is 18.9 Å². The minimum atomic E-state index is 0.123. The Morgan fingerprint density at radius 2 is 2.00 bits per heavy atom. The third kappa shape index (κ3) is 2.39. The average molecular weight is 269 g/mol. The van der Waals surface area contributed by atoms with E-state index in [0.29, 0.717) is 6.04 Å². The Bertz CT molecular complexity index is 613. The van der Waals surface area contributed by atoms with E-state index in [4.69, 9.17) is 0 Å². The highest BCUT2D eigenvalue weighted by Crippen LogP contribution is 2.20. The summed E-state index contributed by atoms with van der Waals surface area (Å²) in [6.07, 6.45) is 3.76. The summed E-state index contributed by atoms with van der Waals surface area (Å²) in [7, 11) is 1.98. The molecule has 1 aliphatic heterocycles. The molecular weight excluding hydrogens is 250 g/mol. The van der Waals surface area contributed by atoms with Gasteiger partial charge in [-0.3, -0.25) is 9.78 Å². The molecule has 2 heterocycles. The highest BCUT2D eigenvalue weighted by atomic mass is 16.2. The first-order chi connectivity index (χ1) is 9.79. The minimum Gasteiger partial charge on any atom is -0.339 e. The van der Waals surface area contributed by atoms with E-state index in [1.165, 1.54) is 0 Å². The number of pyridine rings is 1. The van der Waals surface area contributed by atoms with Gasteiger partial charge in [-0.25, -0.2) is 0 Å². The summed E-state index contributed by atoms with van der Waals surface area (Å²) in [5.41, 5.74) is 1.64. The van der Waals surface area contributed by atoms with E-state index in [1.54, 1.807) is 6.20 Å². The topological polar surface area (TPSA) is 45.2 Å². The van der Waals surface area contributed by atoms with Crippen LogP contribution in [0.5, 0.6) is 0 Å². The molecule has 1 N–H and O–H groups in total. The van der Waals surface area contributed by atoms with Gasteiger partial charge in [0.1, 0.15) is 0 Å². The molecule has 104 valence electrons. The largest absolute Gasteiger partial charge is 0.339 e. The van der Waals surface area contributed by atoms with Gasteiger partial charge in [-0.15, -0.1) is 0 Å². The third-order valence-corrected chi connectivity index (χ3v) is 4.07. The van der Waals surface area contributed by atoms with Crippen molar-refractivity contribution in [3.63, 3.8) is 0 Å². The number of benzene rings is 1. The van der Waals surface area contributed by atoms with Crippen molar-refractivity contribution < 1.29 is 4.79 Å². The van der Waals surface area contributed by atoms with Gasteiger partial charge in [0.25, 0.3) is 5.91 Å². The molecule has 20 heavy (non-hydrogen) atoms. The zero-order valence-corrected chi connectivity index (χ0v) is 11.7. The molecule has 4 nitrogen and oxygen atoms in total. The van der Waals surface area contributed by atoms with Crippen LogP contribution in [-0.4, -0.2) is 42.0 Å². The highest BCUT2D eigenvalue weighted by molar-refractivity contribution is 6.05. The standard InChI is InChI=1S/C16H19N3O/c1-17-12-7-10-19(11-8-12)16(20)14-6-9-18-15-5-3-2-4-13(14)15/h2-6,9,12,17H,7-8,10-11H2,1H3. The molecule has 1 aromatic heterocycles. The number of rotatable bonds is 2. The molecule has 1 aromatic carbocycles. The summed E-state index contributed by atoms with van der Waals surface area (Å²) < 4.78 is 0. The number of para-hydroxylation sites is 1. The van der Waals surface area contributed by atoms with Crippen LogP contribution in [0.25, 0.3) is 10.9 Å². The van der Waals surface area contributed by atoms with E-state index in [2.05, 4.69) is 10.3 Å². The fourth-order valence-corrected chi connectivity index (χ4v) is 2.82. The lowest BCUT2D eigenvalue weighted by Crippen LogP contribution is -2.44. The quantitative estimate of drug-likeness (QED) is 0.907. The van der Waals surface area contributed by atoms with Crippen LogP contribution in [0.2, 0.25) is 0 Å². The van der Waals surface area contributed by atoms with Gasteiger partial charge < -0.3 is 10.2 Å². The molecule has 1 saturated heterocycles. The van der Waals surface area contributed by atoms with Crippen molar-refractivity contribution in [2.24, 2.45) is 0 Å². The predicted molar refractivity (Wildman–Crippen MR) is 79.7 cm³/mol. The van der Waals surface area contributed by atoms with Crippen LogP contribution in [0.4, 0.5) is 0 Å². The summed E-state index contributed by atoms with van der Waals surface area (Å²) in [6.45, 7) is 1.64. The second-order valence-corrected chi connectivity index (χ2v) is 5.23. The van der Waals surface area contributed by atoms with E-state index >= 15 is 0 Å². The molecule has 0 unspecified atom stereocenters. The molecular formula is C16H19N3O. The smallest absolute Gasteiger partial charge is 0.254 e. The van der Waals surface area contributed by atoms with Gasteiger partial charge in [0.15, 0.2) is 0 Å². The van der Waals surface area contributed by atoms with Crippen molar-refractivity contribution in [2.75, 3.05) is 20.1 Å². The van der Waals surface area contributed by atoms with Crippen LogP contribution in [0.3, 0.4) is 0 Å². The first-order valence-corrected chi connectivity index (χ1v) is 7.10. The van der Waals surface area contributed by atoms with Crippen LogP contribution in [0.1, 0.15) is 23.2 Å². The van der Waals surface area contributed by atoms with E-state index in [0.717, 1.165) is 42.4 Å². The van der Waals surface area contributed by atoms with Crippen LogP contribution in [-0.2, 0) is 0 Å². The van der Waals surface area contributed by atoms with Crippen molar-refractivity contribution in [3.05, 3.63) is 42.1 Å². The average Bonchev–Trinajstić information content (AvgIpc) is 2.54. The van der Waals surface area contributed by atoms with E-state index in [-0.39, 0.29) is 5.91 Å². The molecule has 0 saturated carbocycles. The number of piperidine rings is 1. The molecule has 4 heteroatoms. The lowest BCUT2D eigenvalue weighted by atomic mass is 10.0. The maximum Gasteiger partial charge on any atom is 0.254 e. The summed E-state index contributed by atoms with van der Waals surface area (Å²) in [5.74, 6) is 0.123. The number of hydrogen-bond donors (Lipinski definition) is 1. The predicted octanol–water partition coefficient (Wildman–Crippen LogP) is 2.06. The number of likely N-dealkylation sites (tertiary alicyclic amines) is 1. The van der Waals surface area contributed by atoms with E-state index in [9.17, 15) is 4.79 Å². The fraction of sp³-hybridized carbons (Fsp3) is 0.375. The molecule has 0 atom stereocenters. The maximum atomic E-state index is 12.7. The Balaban J connectivity index is 1.86. The monoisotopic (exact) mass is 269 g/mol. The Morgan fingerprint density at radius 1 is 1.25 bits per heavy atom. The number of aromatic nitrogens is 1. The normalized spacial score (nSPS) is 16.6. The Hall–Kier alpha value is -1.94. The van der Waals surface area contributed by atoms with Crippen molar-refractivity contribution in [1.29, 1.82) is 0 Å². The van der Waals surface area contributed by atoms with Crippen LogP contribution in [0.15, 0.2) is 36.5 Å². The molecule has 0 spiro atoms. The molecule has 0 radical (unpaired) electrons. The van der Waals surface area contributed by atoms with Crippen LogP contribution in [0, 0.1) is 0 Å². The summed E-state index contributed by atoms with van der Waals surface area (Å²) in [6, 6.07) is 10.2. The minimum absolute atomic E-state index is 0.123. The van der Waals surface area contributed by atoms with Crippen molar-refractivity contribution >= 4 is 16.8 Å². The molecule has 0 bridgehead atoms. The number of fused-ring (bicyclic) bond motifs is 1. The highest BCUT2D eigenvalue weighted by Gasteiger charge is 2.23. The number of nitrogens with zero attached hydrogens (tertiary/aromatic N) is 2. The Kier molecular flexibility index (Phi) is 3.65. The summed E-state index contributed by atoms with van der Waals surface area (Å²) in [5, 5.41) is 4.23. The van der Waals surface area contributed by atoms with Crippen molar-refractivity contribution in [1.82, 2.24) is 15.2 Å². The van der Waals surface area contributed by atoms with E-state index < -0.39 is 0 Å². The first-order valence-electron chi connectivity index (χ1n) is 7.10. The third-order valence-electron chi connectivity index (χ3n) is 4.07. The van der Waals surface area contributed by atoms with Gasteiger partial charge >= 0.3 is 0 Å². The lowest BCUT2D eigenvalue weighted by molar-refractivity contribution is 0.0709. The SMILES string of the molecule is CNC1CCN(C(=O)c2ccnc3ccccc23)CC1. The number of nitrogens with one attached hydrogen (secondary N) is 1. The molecule has 1 aliphatic rings. The number of carbonyl (C=O) groups is 1. The number of hydrogen-bond acceptors (Lipinski definition) is 3. The zero-order valence-electron chi connectivity index (χ0n) is 11.7. The van der Waals surface area contributed by atoms with Gasteiger partial charge in [0, 0.05) is 30.7 Å². The fourth-order valence-electron chi connectivity index (χ4n) is 2.82. The first kappa shape index (κ1) is 13.1. The molecule has 3 rings (SSSR count). The Morgan fingerprint density at radius 3 is 2.75 bits per heavy atom. The second kappa shape index (κ2) is 5.59. The number of carbonyl (C=O) groups excluding carboxylic acids is 1. The molecule has 2 aromatic rings. The molecule has 1 fully saturated rings. The van der Waals surface area contributed by atoms with Gasteiger partial charge in [0.05, 0.1) is 11.1 Å². The number of amides is 1. The van der Waals surface area contributed by atoms with Crippen molar-refractivity contribution in [3.8, 4) is 0 Å². The lowest BCUT2D eigenvalue weighted by Gasteiger charge is -2.32. The Labute approximate surface area is 118 Å². The van der Waals surface area contributed by atoms with Gasteiger partial charge in [-0.05, 0) is 32.0 Å². The van der Waals surface area contributed by atoms with Gasteiger partial charge in [-0.2, -0.15) is 0 Å². The summed E-state index contributed by atoms with van der Waals surface area (Å²) in [4.78, 5) is 19.0. The van der Waals surface area contributed by atoms with Gasteiger partial charge in [0.2, 0.25) is 0 Å². The van der Waals surface area contributed by atoms with Gasteiger partial charge in [-0.1, -0.05) is 18.2 Å². The second-order valence-electron chi connectivity index (χ2n) is 5.23.